The molecule has 0 fully saturated rings. The minimum absolute atomic E-state index is 0.0743. The number of carbonyl (C=O) groups is 1. The van der Waals surface area contributed by atoms with Crippen molar-refractivity contribution in [2.75, 3.05) is 5.32 Å². The van der Waals surface area contributed by atoms with Crippen molar-refractivity contribution in [1.82, 2.24) is 0 Å². The number of para-hydroxylation sites is 1. The third kappa shape index (κ3) is 3.38. The third-order valence-corrected chi connectivity index (χ3v) is 3.26. The van der Waals surface area contributed by atoms with E-state index in [2.05, 4.69) is 12.0 Å². The number of aromatic hydroxyl groups is 1. The van der Waals surface area contributed by atoms with Crippen LogP contribution in [0.4, 0.5) is 17.1 Å². The molecule has 2 aromatic carbocycles. The summed E-state index contributed by atoms with van der Waals surface area (Å²) in [4.78, 5) is 22.1. The Morgan fingerprint density at radius 3 is 2.52 bits per heavy atom. The minimum atomic E-state index is -0.801. The molecule has 2 aromatic rings. The van der Waals surface area contributed by atoms with Crippen LogP contribution in [-0.2, 0) is 0 Å². The van der Waals surface area contributed by atoms with Crippen molar-refractivity contribution in [3.8, 4) is 5.75 Å². The summed E-state index contributed by atoms with van der Waals surface area (Å²) >= 11 is 5.95. The number of nitrogens with one attached hydrogen (secondary N) is 1. The van der Waals surface area contributed by atoms with Crippen molar-refractivity contribution < 1.29 is 19.6 Å². The molecular weight excluding hydrogens is 326 g/mol. The number of nitro benzene ring substituents is 1. The first-order valence-electron chi connectivity index (χ1n) is 6.16. The molecule has 0 unspecified atom stereocenters. The lowest BCUT2D eigenvalue weighted by atomic mass is 10.1. The van der Waals surface area contributed by atoms with Crippen molar-refractivity contribution in [2.45, 2.75) is 0 Å². The number of hydrogen-bond acceptors (Lipinski definition) is 5. The SMILES string of the molecule is C=[N+]([O-])c1ccc(NC(=O)c2cccc([N+](=O)[O-])c2O)c(Cl)c1. The summed E-state index contributed by atoms with van der Waals surface area (Å²) in [5, 5.41) is 34.1. The first kappa shape index (κ1) is 16.2. The zero-order valence-corrected chi connectivity index (χ0v) is 12.3. The lowest BCUT2D eigenvalue weighted by molar-refractivity contribution is -0.385. The van der Waals surface area contributed by atoms with Crippen LogP contribution in [0.2, 0.25) is 5.02 Å². The van der Waals surface area contributed by atoms with Crippen LogP contribution in [-0.4, -0.2) is 27.4 Å². The number of nitro groups is 1. The van der Waals surface area contributed by atoms with Gasteiger partial charge in [-0.25, -0.2) is 0 Å². The van der Waals surface area contributed by atoms with Gasteiger partial charge < -0.3 is 15.6 Å². The average Bonchev–Trinajstić information content (AvgIpc) is 2.48. The van der Waals surface area contributed by atoms with Gasteiger partial charge in [-0.05, 0) is 12.1 Å². The van der Waals surface area contributed by atoms with Crippen LogP contribution >= 0.6 is 11.6 Å². The van der Waals surface area contributed by atoms with E-state index in [1.807, 2.05) is 0 Å². The van der Waals surface area contributed by atoms with Gasteiger partial charge in [-0.2, -0.15) is 4.74 Å². The Hall–Kier alpha value is -3.13. The van der Waals surface area contributed by atoms with Crippen LogP contribution in [0.15, 0.2) is 36.4 Å². The van der Waals surface area contributed by atoms with Crippen molar-refractivity contribution in [2.24, 2.45) is 0 Å². The van der Waals surface area contributed by atoms with Gasteiger partial charge in [0.15, 0.2) is 0 Å². The van der Waals surface area contributed by atoms with Gasteiger partial charge in [-0.1, -0.05) is 17.7 Å². The fourth-order valence-corrected chi connectivity index (χ4v) is 2.03. The lowest BCUT2D eigenvalue weighted by Gasteiger charge is -2.09. The largest absolute Gasteiger partial charge is 0.619 e. The second-order valence-electron chi connectivity index (χ2n) is 4.43. The maximum atomic E-state index is 12.1. The van der Waals surface area contributed by atoms with Crippen LogP contribution < -0.4 is 5.32 Å². The Kier molecular flexibility index (Phi) is 4.47. The molecular formula is C14H10ClN3O5. The second kappa shape index (κ2) is 6.32. The quantitative estimate of drug-likeness (QED) is 0.292. The van der Waals surface area contributed by atoms with E-state index in [0.717, 1.165) is 6.07 Å². The Labute approximate surface area is 135 Å². The molecule has 0 atom stereocenters. The van der Waals surface area contributed by atoms with Crippen LogP contribution in [0.3, 0.4) is 0 Å². The second-order valence-corrected chi connectivity index (χ2v) is 4.83. The summed E-state index contributed by atoms with van der Waals surface area (Å²) in [6.45, 7) is 3.16. The number of amides is 1. The first-order valence-corrected chi connectivity index (χ1v) is 6.54. The number of halogens is 1. The topological polar surface area (TPSA) is 119 Å². The molecule has 0 aliphatic heterocycles. The number of carbonyl (C=O) groups excluding carboxylic acids is 1. The molecule has 0 saturated heterocycles. The molecule has 0 aliphatic carbocycles. The monoisotopic (exact) mass is 335 g/mol. The Morgan fingerprint density at radius 1 is 1.26 bits per heavy atom. The molecule has 0 bridgehead atoms. The molecule has 0 aliphatic rings. The summed E-state index contributed by atoms with van der Waals surface area (Å²) in [7, 11) is 0. The first-order chi connectivity index (χ1) is 10.8. The van der Waals surface area contributed by atoms with Gasteiger partial charge in [0.25, 0.3) is 5.91 Å². The summed E-state index contributed by atoms with van der Waals surface area (Å²) in [5.41, 5.74) is -0.500. The van der Waals surface area contributed by atoms with Gasteiger partial charge in [0, 0.05) is 18.2 Å². The number of phenols is 1. The van der Waals surface area contributed by atoms with Gasteiger partial charge in [0.05, 0.1) is 21.2 Å². The Morgan fingerprint density at radius 2 is 1.96 bits per heavy atom. The normalized spacial score (nSPS) is 10.1. The highest BCUT2D eigenvalue weighted by atomic mass is 35.5. The molecule has 9 heteroatoms. The smallest absolute Gasteiger partial charge is 0.311 e. The summed E-state index contributed by atoms with van der Waals surface area (Å²) < 4.78 is 0.351. The highest BCUT2D eigenvalue weighted by Crippen LogP contribution is 2.31. The lowest BCUT2D eigenvalue weighted by Crippen LogP contribution is -2.13. The van der Waals surface area contributed by atoms with Crippen molar-refractivity contribution in [3.63, 3.8) is 0 Å². The van der Waals surface area contributed by atoms with Gasteiger partial charge >= 0.3 is 5.69 Å². The van der Waals surface area contributed by atoms with E-state index < -0.39 is 22.3 Å². The summed E-state index contributed by atoms with van der Waals surface area (Å²) in [5.74, 6) is -1.53. The molecule has 2 rings (SSSR count). The number of hydrogen-bond donors (Lipinski definition) is 2. The molecule has 1 amide bonds. The van der Waals surface area contributed by atoms with Crippen LogP contribution in [0.1, 0.15) is 10.4 Å². The molecule has 0 saturated carbocycles. The molecule has 8 nitrogen and oxygen atoms in total. The molecule has 2 N–H and O–H groups in total. The highest BCUT2D eigenvalue weighted by molar-refractivity contribution is 6.34. The number of rotatable bonds is 4. The predicted octanol–water partition coefficient (Wildman–Crippen LogP) is 3.05. The minimum Gasteiger partial charge on any atom is -0.619 e. The fraction of sp³-hybridized carbons (Fsp3) is 0. The predicted molar refractivity (Wildman–Crippen MR) is 84.6 cm³/mol. The Balaban J connectivity index is 2.31. The van der Waals surface area contributed by atoms with E-state index in [1.54, 1.807) is 0 Å². The Bertz CT molecular complexity index is 822. The molecule has 0 aromatic heterocycles. The van der Waals surface area contributed by atoms with Gasteiger partial charge in [-0.3, -0.25) is 14.9 Å². The highest BCUT2D eigenvalue weighted by Gasteiger charge is 2.21. The van der Waals surface area contributed by atoms with E-state index in [9.17, 15) is 25.2 Å². The third-order valence-electron chi connectivity index (χ3n) is 2.94. The van der Waals surface area contributed by atoms with Gasteiger partial charge in [0.2, 0.25) is 11.4 Å². The molecule has 0 spiro atoms. The average molecular weight is 336 g/mol. The van der Waals surface area contributed by atoms with E-state index in [-0.39, 0.29) is 22.0 Å². The standard InChI is InChI=1S/C14H10ClN3O5/c1-17(21)8-5-6-11(10(15)7-8)16-14(20)9-3-2-4-12(13(9)19)18(22)23/h2-7,19H,1H2,(H,16,20). The van der Waals surface area contributed by atoms with E-state index in [0.29, 0.717) is 4.74 Å². The zero-order chi connectivity index (χ0) is 17.1. The number of nitrogens with zero attached hydrogens (tertiary/aromatic N) is 2. The fourth-order valence-electron chi connectivity index (χ4n) is 1.81. The molecule has 118 valence electrons. The van der Waals surface area contributed by atoms with Gasteiger partial charge in [-0.15, -0.1) is 0 Å². The maximum absolute atomic E-state index is 12.1. The number of benzene rings is 2. The molecule has 23 heavy (non-hydrogen) atoms. The van der Waals surface area contributed by atoms with Crippen molar-refractivity contribution in [3.05, 3.63) is 62.3 Å². The van der Waals surface area contributed by atoms with E-state index in [4.69, 9.17) is 11.6 Å². The maximum Gasteiger partial charge on any atom is 0.311 e. The van der Waals surface area contributed by atoms with Gasteiger partial charge in [0.1, 0.15) is 6.72 Å². The zero-order valence-electron chi connectivity index (χ0n) is 11.5. The van der Waals surface area contributed by atoms with Crippen LogP contribution in [0.5, 0.6) is 5.75 Å². The summed E-state index contributed by atoms with van der Waals surface area (Å²) in [6.07, 6.45) is 0. The van der Waals surface area contributed by atoms with Crippen LogP contribution in [0.25, 0.3) is 0 Å². The van der Waals surface area contributed by atoms with Crippen LogP contribution in [0, 0.1) is 15.3 Å². The van der Waals surface area contributed by atoms with Crippen molar-refractivity contribution in [1.29, 1.82) is 0 Å². The molecule has 0 heterocycles. The molecule has 0 radical (unpaired) electrons. The van der Waals surface area contributed by atoms with Crippen molar-refractivity contribution >= 4 is 41.3 Å². The van der Waals surface area contributed by atoms with E-state index in [1.165, 1.54) is 30.3 Å². The summed E-state index contributed by atoms with van der Waals surface area (Å²) in [6, 6.07) is 7.63. The number of anilines is 1. The number of phenolic OH excluding ortho intramolecular Hbond substituents is 1. The van der Waals surface area contributed by atoms with E-state index >= 15 is 0 Å².